The molecule has 1 aromatic rings. The first-order valence-electron chi connectivity index (χ1n) is 6.84. The molecule has 1 aromatic heterocycles. The standard InChI is InChI=1S/C14H22N2O3/c1-18-11-12(13-6-5-9-19-13)15-10-14(17)16-7-3-2-4-8-16/h5-6,9,12,15H,2-4,7-8,10-11H2,1H3/t12-/m1/s1. The molecule has 1 saturated heterocycles. The minimum atomic E-state index is -0.0752. The van der Waals surface area contributed by atoms with Crippen molar-refractivity contribution in [2.45, 2.75) is 25.3 Å². The molecule has 0 saturated carbocycles. The first-order chi connectivity index (χ1) is 9.31. The molecule has 1 N–H and O–H groups in total. The Kier molecular flexibility index (Phi) is 5.42. The van der Waals surface area contributed by atoms with Gasteiger partial charge in [-0.05, 0) is 31.4 Å². The van der Waals surface area contributed by atoms with E-state index in [0.29, 0.717) is 13.2 Å². The molecule has 1 amide bonds. The normalized spacial score (nSPS) is 17.4. The summed E-state index contributed by atoms with van der Waals surface area (Å²) in [5.41, 5.74) is 0. The van der Waals surface area contributed by atoms with Gasteiger partial charge < -0.3 is 14.1 Å². The van der Waals surface area contributed by atoms with Crippen molar-refractivity contribution in [1.29, 1.82) is 0 Å². The lowest BCUT2D eigenvalue weighted by Crippen LogP contribution is -2.42. The summed E-state index contributed by atoms with van der Waals surface area (Å²) >= 11 is 0. The van der Waals surface area contributed by atoms with Crippen LogP contribution >= 0.6 is 0 Å². The van der Waals surface area contributed by atoms with Crippen LogP contribution < -0.4 is 5.32 Å². The zero-order valence-electron chi connectivity index (χ0n) is 11.4. The Labute approximate surface area is 113 Å². The number of piperidine rings is 1. The fourth-order valence-corrected chi connectivity index (χ4v) is 2.36. The Hall–Kier alpha value is -1.33. The summed E-state index contributed by atoms with van der Waals surface area (Å²) in [5, 5.41) is 3.21. The number of carbonyl (C=O) groups excluding carboxylic acids is 1. The maximum Gasteiger partial charge on any atom is 0.236 e. The van der Waals surface area contributed by atoms with Crippen LogP contribution in [0.2, 0.25) is 0 Å². The van der Waals surface area contributed by atoms with E-state index >= 15 is 0 Å². The molecule has 1 aliphatic rings. The van der Waals surface area contributed by atoms with Gasteiger partial charge in [0.25, 0.3) is 0 Å². The number of rotatable bonds is 6. The number of nitrogens with one attached hydrogen (secondary N) is 1. The van der Waals surface area contributed by atoms with Crippen LogP contribution in [0.4, 0.5) is 0 Å². The van der Waals surface area contributed by atoms with Crippen LogP contribution in [0.25, 0.3) is 0 Å². The predicted molar refractivity (Wildman–Crippen MR) is 71.8 cm³/mol. The highest BCUT2D eigenvalue weighted by molar-refractivity contribution is 5.78. The van der Waals surface area contributed by atoms with Crippen LogP contribution in [0.1, 0.15) is 31.1 Å². The average molecular weight is 266 g/mol. The highest BCUT2D eigenvalue weighted by atomic mass is 16.5. The monoisotopic (exact) mass is 266 g/mol. The largest absolute Gasteiger partial charge is 0.468 e. The number of likely N-dealkylation sites (tertiary alicyclic amines) is 1. The van der Waals surface area contributed by atoms with Gasteiger partial charge in [-0.2, -0.15) is 0 Å². The summed E-state index contributed by atoms with van der Waals surface area (Å²) in [6.45, 7) is 2.59. The molecule has 1 aliphatic heterocycles. The van der Waals surface area contributed by atoms with Gasteiger partial charge in [0, 0.05) is 20.2 Å². The van der Waals surface area contributed by atoms with E-state index in [0.717, 1.165) is 31.7 Å². The van der Waals surface area contributed by atoms with Crippen molar-refractivity contribution >= 4 is 5.91 Å². The number of hydrogen-bond acceptors (Lipinski definition) is 4. The molecule has 0 spiro atoms. The van der Waals surface area contributed by atoms with Gasteiger partial charge in [0.05, 0.1) is 25.5 Å². The molecule has 0 aromatic carbocycles. The highest BCUT2D eigenvalue weighted by Gasteiger charge is 2.19. The molecule has 19 heavy (non-hydrogen) atoms. The van der Waals surface area contributed by atoms with E-state index in [9.17, 15) is 4.79 Å². The first-order valence-corrected chi connectivity index (χ1v) is 6.84. The third kappa shape index (κ3) is 4.08. The van der Waals surface area contributed by atoms with Gasteiger partial charge >= 0.3 is 0 Å². The molecule has 2 heterocycles. The minimum absolute atomic E-state index is 0.0752. The Balaban J connectivity index is 1.82. The van der Waals surface area contributed by atoms with Crippen molar-refractivity contribution in [2.75, 3.05) is 33.4 Å². The van der Waals surface area contributed by atoms with Gasteiger partial charge in [-0.15, -0.1) is 0 Å². The molecule has 1 atom stereocenters. The molecule has 106 valence electrons. The Morgan fingerprint density at radius 2 is 2.26 bits per heavy atom. The van der Waals surface area contributed by atoms with Crippen LogP contribution in [0, 0.1) is 0 Å². The Bertz CT molecular complexity index is 372. The molecular formula is C14H22N2O3. The zero-order valence-corrected chi connectivity index (χ0v) is 11.4. The number of furan rings is 1. The summed E-state index contributed by atoms with van der Waals surface area (Å²) in [4.78, 5) is 14.0. The first kappa shape index (κ1) is 14.1. The zero-order chi connectivity index (χ0) is 13.5. The van der Waals surface area contributed by atoms with E-state index in [1.54, 1.807) is 13.4 Å². The predicted octanol–water partition coefficient (Wildman–Crippen LogP) is 1.57. The van der Waals surface area contributed by atoms with Gasteiger partial charge in [0.15, 0.2) is 0 Å². The van der Waals surface area contributed by atoms with E-state index in [4.69, 9.17) is 9.15 Å². The number of nitrogens with zero attached hydrogens (tertiary/aromatic N) is 1. The van der Waals surface area contributed by atoms with E-state index in [1.165, 1.54) is 6.42 Å². The summed E-state index contributed by atoms with van der Waals surface area (Å²) in [5.74, 6) is 0.959. The van der Waals surface area contributed by atoms with Gasteiger partial charge in [0.1, 0.15) is 5.76 Å². The number of methoxy groups -OCH3 is 1. The van der Waals surface area contributed by atoms with E-state index in [1.807, 2.05) is 17.0 Å². The Morgan fingerprint density at radius 3 is 2.89 bits per heavy atom. The van der Waals surface area contributed by atoms with Crippen molar-refractivity contribution in [3.05, 3.63) is 24.2 Å². The number of hydrogen-bond donors (Lipinski definition) is 1. The smallest absolute Gasteiger partial charge is 0.236 e. The third-order valence-electron chi connectivity index (χ3n) is 3.43. The average Bonchev–Trinajstić information content (AvgIpc) is 2.98. The van der Waals surface area contributed by atoms with Crippen LogP contribution in [0.15, 0.2) is 22.8 Å². The fraction of sp³-hybridized carbons (Fsp3) is 0.643. The van der Waals surface area contributed by atoms with Crippen molar-refractivity contribution in [1.82, 2.24) is 10.2 Å². The third-order valence-corrected chi connectivity index (χ3v) is 3.43. The quantitative estimate of drug-likeness (QED) is 0.849. The minimum Gasteiger partial charge on any atom is -0.468 e. The number of amides is 1. The second kappa shape index (κ2) is 7.31. The second-order valence-corrected chi connectivity index (χ2v) is 4.85. The van der Waals surface area contributed by atoms with Gasteiger partial charge in [-0.25, -0.2) is 0 Å². The maximum atomic E-state index is 12.1. The Morgan fingerprint density at radius 1 is 1.47 bits per heavy atom. The second-order valence-electron chi connectivity index (χ2n) is 4.85. The molecule has 1 fully saturated rings. The van der Waals surface area contributed by atoms with Crippen LogP contribution in [-0.4, -0.2) is 44.2 Å². The molecule has 0 radical (unpaired) electrons. The van der Waals surface area contributed by atoms with Crippen molar-refractivity contribution in [3.63, 3.8) is 0 Å². The molecule has 5 heteroatoms. The van der Waals surface area contributed by atoms with Gasteiger partial charge in [-0.3, -0.25) is 10.1 Å². The van der Waals surface area contributed by atoms with Gasteiger partial charge in [0.2, 0.25) is 5.91 Å². The van der Waals surface area contributed by atoms with Crippen molar-refractivity contribution in [3.8, 4) is 0 Å². The highest BCUT2D eigenvalue weighted by Crippen LogP contribution is 2.14. The van der Waals surface area contributed by atoms with Gasteiger partial charge in [-0.1, -0.05) is 0 Å². The molecule has 0 aliphatic carbocycles. The molecule has 2 rings (SSSR count). The topological polar surface area (TPSA) is 54.7 Å². The lowest BCUT2D eigenvalue weighted by Gasteiger charge is -2.27. The van der Waals surface area contributed by atoms with E-state index < -0.39 is 0 Å². The molecule has 5 nitrogen and oxygen atoms in total. The van der Waals surface area contributed by atoms with Crippen LogP contribution in [0.5, 0.6) is 0 Å². The van der Waals surface area contributed by atoms with Crippen LogP contribution in [-0.2, 0) is 9.53 Å². The fourth-order valence-electron chi connectivity index (χ4n) is 2.36. The summed E-state index contributed by atoms with van der Waals surface area (Å²) < 4.78 is 10.5. The van der Waals surface area contributed by atoms with E-state index in [-0.39, 0.29) is 11.9 Å². The van der Waals surface area contributed by atoms with Crippen molar-refractivity contribution < 1.29 is 13.9 Å². The summed E-state index contributed by atoms with van der Waals surface area (Å²) in [7, 11) is 1.64. The summed E-state index contributed by atoms with van der Waals surface area (Å²) in [6.07, 6.45) is 5.10. The summed E-state index contributed by atoms with van der Waals surface area (Å²) in [6, 6.07) is 3.66. The lowest BCUT2D eigenvalue weighted by atomic mass is 10.1. The number of ether oxygens (including phenoxy) is 1. The maximum absolute atomic E-state index is 12.1. The SMILES string of the molecule is COC[C@@H](NCC(=O)N1CCCCC1)c1ccco1. The molecular weight excluding hydrogens is 244 g/mol. The molecule has 0 unspecified atom stereocenters. The lowest BCUT2D eigenvalue weighted by molar-refractivity contribution is -0.131. The number of carbonyl (C=O) groups is 1. The van der Waals surface area contributed by atoms with E-state index in [2.05, 4.69) is 5.32 Å². The molecule has 0 bridgehead atoms. The van der Waals surface area contributed by atoms with Crippen LogP contribution in [0.3, 0.4) is 0 Å². The van der Waals surface area contributed by atoms with Crippen molar-refractivity contribution in [2.24, 2.45) is 0 Å².